The topological polar surface area (TPSA) is 40.5 Å². The maximum Gasteiger partial charge on any atom is 0.253 e. The normalized spacial score (nSPS) is 16.9. The Balaban J connectivity index is 1.96. The lowest BCUT2D eigenvalue weighted by Gasteiger charge is -2.27. The van der Waals surface area contributed by atoms with Crippen molar-refractivity contribution < 1.29 is 9.90 Å². The second-order valence-electron chi connectivity index (χ2n) is 7.57. The van der Waals surface area contributed by atoms with E-state index in [1.165, 1.54) is 31.2 Å². The lowest BCUT2D eigenvalue weighted by molar-refractivity contribution is 0.0706. The summed E-state index contributed by atoms with van der Waals surface area (Å²) in [5.41, 5.74) is 1.29. The van der Waals surface area contributed by atoms with Gasteiger partial charge in [0.25, 0.3) is 5.91 Å². The van der Waals surface area contributed by atoms with Gasteiger partial charge in [-0.15, -0.1) is 0 Å². The molecule has 0 aromatic heterocycles. The molecule has 2 rings (SSSR count). The van der Waals surface area contributed by atoms with Gasteiger partial charge in [-0.1, -0.05) is 37.8 Å². The van der Waals surface area contributed by atoms with Gasteiger partial charge in [-0.3, -0.25) is 4.79 Å². The Bertz CT molecular complexity index is 493. The number of hydrogen-bond acceptors (Lipinski definition) is 2. The monoisotopic (exact) mass is 317 g/mol. The van der Waals surface area contributed by atoms with Crippen LogP contribution in [0.3, 0.4) is 0 Å². The van der Waals surface area contributed by atoms with Gasteiger partial charge in [-0.05, 0) is 57.2 Å². The van der Waals surface area contributed by atoms with E-state index in [0.29, 0.717) is 6.04 Å². The second-order valence-corrected chi connectivity index (χ2v) is 7.57. The van der Waals surface area contributed by atoms with Crippen molar-refractivity contribution >= 4 is 5.91 Å². The van der Waals surface area contributed by atoms with E-state index in [0.717, 1.165) is 31.2 Å². The zero-order valence-corrected chi connectivity index (χ0v) is 14.8. The van der Waals surface area contributed by atoms with Gasteiger partial charge in [0.1, 0.15) is 0 Å². The van der Waals surface area contributed by atoms with Crippen LogP contribution in [-0.4, -0.2) is 34.6 Å². The van der Waals surface area contributed by atoms with Gasteiger partial charge in [0.15, 0.2) is 0 Å². The molecule has 1 aliphatic rings. The zero-order chi connectivity index (χ0) is 16.9. The summed E-state index contributed by atoms with van der Waals surface area (Å²) in [6.45, 7) is 3.65. The summed E-state index contributed by atoms with van der Waals surface area (Å²) >= 11 is 0. The van der Waals surface area contributed by atoms with E-state index in [9.17, 15) is 9.90 Å². The van der Waals surface area contributed by atoms with Crippen molar-refractivity contribution in [3.8, 4) is 0 Å². The number of hydrogen-bond donors (Lipinski definition) is 1. The zero-order valence-electron chi connectivity index (χ0n) is 14.8. The fourth-order valence-corrected chi connectivity index (χ4v) is 3.28. The van der Waals surface area contributed by atoms with Crippen molar-refractivity contribution in [2.24, 2.45) is 0 Å². The second kappa shape index (κ2) is 7.96. The number of aliphatic hydroxyl groups is 1. The van der Waals surface area contributed by atoms with Crippen LogP contribution in [-0.2, 0) is 6.42 Å². The predicted molar refractivity (Wildman–Crippen MR) is 94.6 cm³/mol. The average Bonchev–Trinajstić information content (AvgIpc) is 2.80. The molecule has 1 N–H and O–H groups in total. The van der Waals surface area contributed by atoms with E-state index in [1.807, 2.05) is 50.1 Å². The highest BCUT2D eigenvalue weighted by molar-refractivity contribution is 5.94. The van der Waals surface area contributed by atoms with Crippen LogP contribution in [0.4, 0.5) is 0 Å². The third-order valence-corrected chi connectivity index (χ3v) is 4.92. The van der Waals surface area contributed by atoms with Gasteiger partial charge >= 0.3 is 0 Å². The molecule has 0 spiro atoms. The molecule has 23 heavy (non-hydrogen) atoms. The van der Waals surface area contributed by atoms with Crippen LogP contribution in [0.15, 0.2) is 24.3 Å². The van der Waals surface area contributed by atoms with Crippen LogP contribution in [0.25, 0.3) is 0 Å². The third-order valence-electron chi connectivity index (χ3n) is 4.92. The molecule has 3 heteroatoms. The first-order chi connectivity index (χ1) is 10.9. The quantitative estimate of drug-likeness (QED) is 0.827. The van der Waals surface area contributed by atoms with Crippen molar-refractivity contribution in [1.29, 1.82) is 0 Å². The first kappa shape index (κ1) is 18.0. The summed E-state index contributed by atoms with van der Waals surface area (Å²) in [5, 5.41) is 9.80. The molecular weight excluding hydrogens is 286 g/mol. The van der Waals surface area contributed by atoms with Crippen LogP contribution < -0.4 is 0 Å². The minimum Gasteiger partial charge on any atom is -0.390 e. The molecule has 0 saturated heterocycles. The van der Waals surface area contributed by atoms with Crippen molar-refractivity contribution in [3.05, 3.63) is 35.4 Å². The summed E-state index contributed by atoms with van der Waals surface area (Å²) in [6.07, 6.45) is 8.88. The van der Waals surface area contributed by atoms with E-state index in [-0.39, 0.29) is 5.91 Å². The summed E-state index contributed by atoms with van der Waals surface area (Å²) in [6, 6.07) is 8.27. The molecule has 0 heterocycles. The fourth-order valence-electron chi connectivity index (χ4n) is 3.28. The molecule has 1 saturated carbocycles. The fraction of sp³-hybridized carbons (Fsp3) is 0.650. The molecule has 128 valence electrons. The van der Waals surface area contributed by atoms with Gasteiger partial charge < -0.3 is 10.0 Å². The molecule has 0 aliphatic heterocycles. The first-order valence-electron chi connectivity index (χ1n) is 8.95. The number of aryl methyl sites for hydroxylation is 1. The summed E-state index contributed by atoms with van der Waals surface area (Å²) < 4.78 is 0. The number of carbonyl (C=O) groups excluding carboxylic acids is 1. The Morgan fingerprint density at radius 3 is 2.22 bits per heavy atom. The first-order valence-corrected chi connectivity index (χ1v) is 8.95. The Labute approximate surface area is 140 Å². The Morgan fingerprint density at radius 1 is 1.13 bits per heavy atom. The van der Waals surface area contributed by atoms with Crippen molar-refractivity contribution in [2.75, 3.05) is 7.05 Å². The van der Waals surface area contributed by atoms with Crippen LogP contribution in [0.1, 0.15) is 74.7 Å². The Morgan fingerprint density at radius 2 is 1.70 bits per heavy atom. The minimum atomic E-state index is -0.645. The van der Waals surface area contributed by atoms with Crippen LogP contribution in [0.5, 0.6) is 0 Å². The van der Waals surface area contributed by atoms with Gasteiger partial charge in [0.05, 0.1) is 5.60 Å². The highest BCUT2D eigenvalue weighted by Crippen LogP contribution is 2.22. The SMILES string of the molecule is CN(C(=O)c1ccc(CCC(C)(C)O)cc1)C1CCCCCC1. The molecule has 0 unspecified atom stereocenters. The van der Waals surface area contributed by atoms with E-state index in [4.69, 9.17) is 0 Å². The molecule has 1 aliphatic carbocycles. The van der Waals surface area contributed by atoms with E-state index < -0.39 is 5.60 Å². The van der Waals surface area contributed by atoms with Gasteiger partial charge in [0, 0.05) is 18.7 Å². The number of amides is 1. The molecule has 0 bridgehead atoms. The van der Waals surface area contributed by atoms with E-state index in [2.05, 4.69) is 0 Å². The molecule has 0 radical (unpaired) electrons. The van der Waals surface area contributed by atoms with Crippen LogP contribution in [0, 0.1) is 0 Å². The molecular formula is C20H31NO2. The van der Waals surface area contributed by atoms with Crippen LogP contribution >= 0.6 is 0 Å². The minimum absolute atomic E-state index is 0.130. The number of benzene rings is 1. The Hall–Kier alpha value is -1.35. The summed E-state index contributed by atoms with van der Waals surface area (Å²) in [4.78, 5) is 14.6. The molecule has 0 atom stereocenters. The number of nitrogens with zero attached hydrogens (tertiary/aromatic N) is 1. The standard InChI is InChI=1S/C20H31NO2/c1-20(2,23)15-14-16-10-12-17(13-11-16)19(22)21(3)18-8-6-4-5-7-9-18/h10-13,18,23H,4-9,14-15H2,1-3H3. The van der Waals surface area contributed by atoms with Crippen molar-refractivity contribution in [2.45, 2.75) is 76.9 Å². The number of carbonyl (C=O) groups is 1. The highest BCUT2D eigenvalue weighted by Gasteiger charge is 2.22. The van der Waals surface area contributed by atoms with Gasteiger partial charge in [0.2, 0.25) is 0 Å². The Kier molecular flexibility index (Phi) is 6.23. The van der Waals surface area contributed by atoms with Crippen molar-refractivity contribution in [1.82, 2.24) is 4.90 Å². The maximum absolute atomic E-state index is 12.7. The van der Waals surface area contributed by atoms with Gasteiger partial charge in [-0.25, -0.2) is 0 Å². The van der Waals surface area contributed by atoms with Crippen molar-refractivity contribution in [3.63, 3.8) is 0 Å². The molecule has 1 aromatic carbocycles. The summed E-state index contributed by atoms with van der Waals surface area (Å²) in [5.74, 6) is 0.130. The van der Waals surface area contributed by atoms with Crippen LogP contribution in [0.2, 0.25) is 0 Å². The highest BCUT2D eigenvalue weighted by atomic mass is 16.3. The third kappa shape index (κ3) is 5.65. The lowest BCUT2D eigenvalue weighted by atomic mass is 9.98. The maximum atomic E-state index is 12.7. The average molecular weight is 317 g/mol. The smallest absolute Gasteiger partial charge is 0.253 e. The molecule has 3 nitrogen and oxygen atoms in total. The lowest BCUT2D eigenvalue weighted by Crippen LogP contribution is -2.36. The summed E-state index contributed by atoms with van der Waals surface area (Å²) in [7, 11) is 1.94. The van der Waals surface area contributed by atoms with E-state index >= 15 is 0 Å². The molecule has 1 aromatic rings. The van der Waals surface area contributed by atoms with E-state index in [1.54, 1.807) is 0 Å². The predicted octanol–water partition coefficient (Wildman–Crippen LogP) is 4.18. The molecule has 1 fully saturated rings. The van der Waals surface area contributed by atoms with Gasteiger partial charge in [-0.2, -0.15) is 0 Å². The number of rotatable bonds is 5. The molecule has 1 amide bonds. The largest absolute Gasteiger partial charge is 0.390 e.